The highest BCUT2D eigenvalue weighted by molar-refractivity contribution is 7.98. The van der Waals surface area contributed by atoms with Crippen molar-refractivity contribution in [2.24, 2.45) is 5.92 Å². The average molecular weight is 500 g/mol. The Bertz CT molecular complexity index is 1220. The van der Waals surface area contributed by atoms with Crippen LogP contribution in [-0.4, -0.2) is 57.0 Å². The third-order valence-electron chi connectivity index (χ3n) is 6.98. The zero-order chi connectivity index (χ0) is 23.9. The molecule has 2 fully saturated rings. The molecule has 0 radical (unpaired) electrons. The summed E-state index contributed by atoms with van der Waals surface area (Å²) in [6.07, 6.45) is 5.48. The molecule has 1 atom stereocenters. The largest absolute Gasteiger partial charge is 0.312 e. The van der Waals surface area contributed by atoms with Crippen LogP contribution in [0.2, 0.25) is 0 Å². The minimum absolute atomic E-state index is 0.0408. The Morgan fingerprint density at radius 2 is 1.82 bits per heavy atom. The van der Waals surface area contributed by atoms with Gasteiger partial charge in [-0.2, -0.15) is 4.31 Å². The summed E-state index contributed by atoms with van der Waals surface area (Å²) < 4.78 is 27.5. The van der Waals surface area contributed by atoms with Gasteiger partial charge in [0.05, 0.1) is 10.8 Å². The number of carbonyl (C=O) groups is 2. The fourth-order valence-corrected chi connectivity index (χ4v) is 7.18. The van der Waals surface area contributed by atoms with E-state index in [0.717, 1.165) is 47.5 Å². The molecular formula is C25H29N3O4S2. The number of hydrogen-bond acceptors (Lipinski definition) is 5. The second-order valence-electron chi connectivity index (χ2n) is 9.10. The molecule has 3 aliphatic heterocycles. The molecular weight excluding hydrogens is 470 g/mol. The van der Waals surface area contributed by atoms with Gasteiger partial charge in [0, 0.05) is 48.9 Å². The number of nitrogens with zero attached hydrogens (tertiary/aromatic N) is 3. The molecule has 34 heavy (non-hydrogen) atoms. The molecule has 0 bridgehead atoms. The van der Waals surface area contributed by atoms with Crippen LogP contribution in [0, 0.1) is 5.92 Å². The minimum atomic E-state index is -3.50. The van der Waals surface area contributed by atoms with E-state index < -0.39 is 15.9 Å². The number of carbonyl (C=O) groups excluding carboxylic acids is 2. The molecule has 7 nitrogen and oxygen atoms in total. The molecule has 0 N–H and O–H groups in total. The summed E-state index contributed by atoms with van der Waals surface area (Å²) >= 11 is 1.62. The number of amides is 2. The number of hydrogen-bond donors (Lipinski definition) is 0. The van der Waals surface area contributed by atoms with Crippen LogP contribution in [-0.2, 0) is 26.0 Å². The Balaban J connectivity index is 1.36. The van der Waals surface area contributed by atoms with Crippen LogP contribution in [0.4, 0.5) is 11.4 Å². The SMILES string of the molecule is CSc1cccc(N2C[C@@H](C(=O)N3CCCc4cc(S(=O)(=O)N5CCCC5)ccc43)CC2=O)c1. The Morgan fingerprint density at radius 1 is 1.03 bits per heavy atom. The molecule has 0 spiro atoms. The summed E-state index contributed by atoms with van der Waals surface area (Å²) in [7, 11) is -3.50. The summed E-state index contributed by atoms with van der Waals surface area (Å²) in [5.41, 5.74) is 2.48. The maximum Gasteiger partial charge on any atom is 0.243 e. The Hall–Kier alpha value is -2.36. The smallest absolute Gasteiger partial charge is 0.243 e. The summed E-state index contributed by atoms with van der Waals surface area (Å²) in [6, 6.07) is 12.9. The molecule has 0 saturated carbocycles. The van der Waals surface area contributed by atoms with E-state index >= 15 is 0 Å². The first-order valence-electron chi connectivity index (χ1n) is 11.8. The van der Waals surface area contributed by atoms with E-state index in [9.17, 15) is 18.0 Å². The summed E-state index contributed by atoms with van der Waals surface area (Å²) in [5, 5.41) is 0. The molecule has 2 saturated heterocycles. The van der Waals surface area contributed by atoms with Crippen molar-refractivity contribution in [1.29, 1.82) is 0 Å². The van der Waals surface area contributed by atoms with Gasteiger partial charge >= 0.3 is 0 Å². The monoisotopic (exact) mass is 499 g/mol. The fraction of sp³-hybridized carbons (Fsp3) is 0.440. The predicted molar refractivity (Wildman–Crippen MR) is 134 cm³/mol. The third kappa shape index (κ3) is 4.25. The van der Waals surface area contributed by atoms with Gasteiger partial charge in [0.1, 0.15) is 0 Å². The van der Waals surface area contributed by atoms with Crippen LogP contribution in [0.1, 0.15) is 31.2 Å². The van der Waals surface area contributed by atoms with Gasteiger partial charge < -0.3 is 9.80 Å². The van der Waals surface area contributed by atoms with Crippen LogP contribution >= 0.6 is 11.8 Å². The van der Waals surface area contributed by atoms with Crippen molar-refractivity contribution >= 4 is 45.0 Å². The number of aryl methyl sites for hydroxylation is 1. The Morgan fingerprint density at radius 3 is 2.59 bits per heavy atom. The number of fused-ring (bicyclic) bond motifs is 1. The Labute approximate surface area is 205 Å². The first-order chi connectivity index (χ1) is 16.4. The summed E-state index contributed by atoms with van der Waals surface area (Å²) in [4.78, 5) is 31.1. The van der Waals surface area contributed by atoms with Crippen LogP contribution < -0.4 is 9.80 Å². The highest BCUT2D eigenvalue weighted by Gasteiger charge is 2.39. The van der Waals surface area contributed by atoms with E-state index in [1.807, 2.05) is 30.5 Å². The summed E-state index contributed by atoms with van der Waals surface area (Å²) in [5.74, 6) is -0.516. The molecule has 0 aromatic heterocycles. The average Bonchev–Trinajstić information content (AvgIpc) is 3.53. The van der Waals surface area contributed by atoms with Crippen molar-refractivity contribution in [3.63, 3.8) is 0 Å². The molecule has 3 aliphatic rings. The second-order valence-corrected chi connectivity index (χ2v) is 11.9. The van der Waals surface area contributed by atoms with E-state index in [1.165, 1.54) is 0 Å². The second kappa shape index (κ2) is 9.36. The molecule has 2 aromatic carbocycles. The van der Waals surface area contributed by atoms with Gasteiger partial charge in [-0.05, 0) is 73.9 Å². The van der Waals surface area contributed by atoms with Crippen molar-refractivity contribution in [1.82, 2.24) is 4.31 Å². The Kier molecular flexibility index (Phi) is 6.43. The molecule has 180 valence electrons. The molecule has 2 aromatic rings. The van der Waals surface area contributed by atoms with Crippen LogP contribution in [0.3, 0.4) is 0 Å². The molecule has 9 heteroatoms. The van der Waals surface area contributed by atoms with Gasteiger partial charge in [0.25, 0.3) is 0 Å². The molecule has 0 aliphatic carbocycles. The lowest BCUT2D eigenvalue weighted by molar-refractivity contribution is -0.124. The molecule has 0 unspecified atom stereocenters. The summed E-state index contributed by atoms with van der Waals surface area (Å²) in [6.45, 7) is 2.08. The van der Waals surface area contributed by atoms with E-state index in [-0.39, 0.29) is 18.2 Å². The zero-order valence-corrected chi connectivity index (χ0v) is 20.9. The molecule has 3 heterocycles. The van der Waals surface area contributed by atoms with Gasteiger partial charge in [-0.15, -0.1) is 11.8 Å². The van der Waals surface area contributed by atoms with Crippen LogP contribution in [0.15, 0.2) is 52.3 Å². The maximum atomic E-state index is 13.5. The van der Waals surface area contributed by atoms with Gasteiger partial charge in [0.2, 0.25) is 21.8 Å². The molecule has 5 rings (SSSR count). The zero-order valence-electron chi connectivity index (χ0n) is 19.3. The third-order valence-corrected chi connectivity index (χ3v) is 9.60. The van der Waals surface area contributed by atoms with E-state index in [1.54, 1.807) is 44.1 Å². The number of sulfonamides is 1. The molecule has 2 amide bonds. The topological polar surface area (TPSA) is 78.0 Å². The van der Waals surface area contributed by atoms with Crippen molar-refractivity contribution in [3.05, 3.63) is 48.0 Å². The van der Waals surface area contributed by atoms with Gasteiger partial charge in [-0.3, -0.25) is 9.59 Å². The van der Waals surface area contributed by atoms with Gasteiger partial charge in [0.15, 0.2) is 0 Å². The first-order valence-corrected chi connectivity index (χ1v) is 14.4. The number of anilines is 2. The van der Waals surface area contributed by atoms with Gasteiger partial charge in [-0.25, -0.2) is 8.42 Å². The predicted octanol–water partition coefficient (Wildman–Crippen LogP) is 3.53. The minimum Gasteiger partial charge on any atom is -0.312 e. The highest BCUT2D eigenvalue weighted by atomic mass is 32.2. The van der Waals surface area contributed by atoms with Crippen LogP contribution in [0.5, 0.6) is 0 Å². The van der Waals surface area contributed by atoms with Crippen LogP contribution in [0.25, 0.3) is 0 Å². The number of benzene rings is 2. The number of thioether (sulfide) groups is 1. The van der Waals surface area contributed by atoms with E-state index in [4.69, 9.17) is 0 Å². The maximum absolute atomic E-state index is 13.5. The van der Waals surface area contributed by atoms with Crippen molar-refractivity contribution in [2.45, 2.75) is 41.9 Å². The normalized spacial score (nSPS) is 21.2. The van der Waals surface area contributed by atoms with Crippen molar-refractivity contribution in [3.8, 4) is 0 Å². The number of rotatable bonds is 5. The first kappa shape index (κ1) is 23.4. The van der Waals surface area contributed by atoms with Crippen molar-refractivity contribution in [2.75, 3.05) is 42.2 Å². The lowest BCUT2D eigenvalue weighted by Gasteiger charge is -2.32. The quantitative estimate of drug-likeness (QED) is 0.589. The lowest BCUT2D eigenvalue weighted by atomic mass is 9.99. The lowest BCUT2D eigenvalue weighted by Crippen LogP contribution is -2.40. The fourth-order valence-electron chi connectivity index (χ4n) is 5.16. The van der Waals surface area contributed by atoms with E-state index in [2.05, 4.69) is 0 Å². The van der Waals surface area contributed by atoms with Crippen molar-refractivity contribution < 1.29 is 18.0 Å². The highest BCUT2D eigenvalue weighted by Crippen LogP contribution is 2.34. The van der Waals surface area contributed by atoms with Gasteiger partial charge in [-0.1, -0.05) is 6.07 Å². The standard InChI is InChI=1S/C25H29N3O4S2/c1-33-21-8-4-7-20(16-21)28-17-19(15-24(28)29)25(30)27-13-5-6-18-14-22(9-10-23(18)27)34(31,32)26-11-2-3-12-26/h4,7-10,14,16,19H,2-3,5-6,11-13,15,17H2,1H3/t19-/m0/s1. The van der Waals surface area contributed by atoms with E-state index in [0.29, 0.717) is 31.1 Å².